The van der Waals surface area contributed by atoms with Crippen LogP contribution in [0.3, 0.4) is 0 Å². The van der Waals surface area contributed by atoms with Gasteiger partial charge < -0.3 is 4.74 Å². The van der Waals surface area contributed by atoms with E-state index in [1.54, 1.807) is 0 Å². The van der Waals surface area contributed by atoms with Crippen LogP contribution < -0.4 is 4.74 Å². The lowest BCUT2D eigenvalue weighted by molar-refractivity contribution is 0.168. The maximum Gasteiger partial charge on any atom is 0.126 e. The number of fused-ring (bicyclic) bond motifs is 1. The summed E-state index contributed by atoms with van der Waals surface area (Å²) >= 11 is 0. The predicted octanol–water partition coefficient (Wildman–Crippen LogP) is 3.65. The molecule has 2 aromatic rings. The number of hydrogen-bond acceptors (Lipinski definition) is 2. The van der Waals surface area contributed by atoms with E-state index >= 15 is 0 Å². The highest BCUT2D eigenvalue weighted by molar-refractivity contribution is 5.38. The van der Waals surface area contributed by atoms with Crippen LogP contribution >= 0.6 is 0 Å². The Morgan fingerprint density at radius 1 is 1.19 bits per heavy atom. The average molecular weight is 285 g/mol. The van der Waals surface area contributed by atoms with Crippen LogP contribution in [0.15, 0.2) is 42.5 Å². The molecule has 1 aliphatic rings. The van der Waals surface area contributed by atoms with Gasteiger partial charge in [0.05, 0.1) is 11.5 Å². The molecule has 0 saturated carbocycles. The topological polar surface area (TPSA) is 33.0 Å². The lowest BCUT2D eigenvalue weighted by Crippen LogP contribution is -2.35. The minimum absolute atomic E-state index is 0.126. The van der Waals surface area contributed by atoms with Gasteiger partial charge in [-0.2, -0.15) is 5.26 Å². The number of nitriles is 1. The zero-order chi connectivity index (χ0) is 14.9. The van der Waals surface area contributed by atoms with Crippen molar-refractivity contribution in [2.45, 2.75) is 12.8 Å². The van der Waals surface area contributed by atoms with Crippen LogP contribution in [0, 0.1) is 28.4 Å². The maximum absolute atomic E-state index is 13.8. The van der Waals surface area contributed by atoms with E-state index in [1.165, 1.54) is 0 Å². The molecule has 0 spiro atoms. The summed E-state index contributed by atoms with van der Waals surface area (Å²) in [6.45, 7) is 0.177. The summed E-state index contributed by atoms with van der Waals surface area (Å²) in [5, 5.41) is 9.54. The van der Waals surface area contributed by atoms with Gasteiger partial charge in [0.25, 0.3) is 0 Å². The number of halogens is 2. The van der Waals surface area contributed by atoms with E-state index in [0.29, 0.717) is 6.42 Å². The van der Waals surface area contributed by atoms with Crippen LogP contribution in [0.4, 0.5) is 8.78 Å². The normalized spacial score (nSPS) is 20.2. The minimum atomic E-state index is -0.872. The van der Waals surface area contributed by atoms with Crippen LogP contribution in [0.5, 0.6) is 5.75 Å². The molecule has 106 valence electrons. The van der Waals surface area contributed by atoms with E-state index in [9.17, 15) is 14.0 Å². The van der Waals surface area contributed by atoms with Crippen molar-refractivity contribution in [3.8, 4) is 11.8 Å². The fourth-order valence-corrected chi connectivity index (χ4v) is 2.69. The van der Waals surface area contributed by atoms with Gasteiger partial charge in [-0.3, -0.25) is 0 Å². The molecule has 4 heteroatoms. The summed E-state index contributed by atoms with van der Waals surface area (Å²) in [5.74, 6) is -0.246. The first-order chi connectivity index (χ1) is 10.1. The molecule has 1 heterocycles. The van der Waals surface area contributed by atoms with Crippen LogP contribution in [-0.2, 0) is 12.8 Å². The lowest BCUT2D eigenvalue weighted by atomic mass is 9.77. The van der Waals surface area contributed by atoms with Crippen molar-refractivity contribution >= 4 is 0 Å². The molecule has 3 rings (SSSR count). The number of hydrogen-bond donors (Lipinski definition) is 0. The Hall–Kier alpha value is -2.41. The number of benzene rings is 2. The van der Waals surface area contributed by atoms with Gasteiger partial charge in [-0.15, -0.1) is 0 Å². The monoisotopic (exact) mass is 285 g/mol. The quantitative estimate of drug-likeness (QED) is 0.843. The van der Waals surface area contributed by atoms with Crippen molar-refractivity contribution in [3.05, 3.63) is 65.2 Å². The molecule has 2 nitrogen and oxygen atoms in total. The van der Waals surface area contributed by atoms with E-state index in [0.717, 1.165) is 29.5 Å². The number of rotatable bonds is 2. The summed E-state index contributed by atoms with van der Waals surface area (Å²) in [7, 11) is 0. The van der Waals surface area contributed by atoms with Gasteiger partial charge in [-0.05, 0) is 48.2 Å². The first-order valence-electron chi connectivity index (χ1n) is 6.68. The smallest absolute Gasteiger partial charge is 0.126 e. The predicted molar refractivity (Wildman–Crippen MR) is 73.7 cm³/mol. The lowest BCUT2D eigenvalue weighted by Gasteiger charge is -2.32. The molecular formula is C17H13F2NO. The maximum atomic E-state index is 13.8. The summed E-state index contributed by atoms with van der Waals surface area (Å²) < 4.78 is 32.7. The van der Waals surface area contributed by atoms with Crippen molar-refractivity contribution < 1.29 is 13.5 Å². The second-order valence-electron chi connectivity index (χ2n) is 5.38. The summed E-state index contributed by atoms with van der Waals surface area (Å²) in [4.78, 5) is 0. The van der Waals surface area contributed by atoms with Crippen molar-refractivity contribution in [2.24, 2.45) is 5.41 Å². The molecule has 1 atom stereocenters. The molecule has 0 fully saturated rings. The fraction of sp³-hybridized carbons (Fsp3) is 0.235. The van der Waals surface area contributed by atoms with Crippen molar-refractivity contribution in [1.82, 2.24) is 0 Å². The molecular weight excluding hydrogens is 272 g/mol. The molecule has 1 unspecified atom stereocenters. The van der Waals surface area contributed by atoms with Crippen LogP contribution in [0.1, 0.15) is 11.1 Å². The zero-order valence-corrected chi connectivity index (χ0v) is 11.3. The Morgan fingerprint density at radius 3 is 2.81 bits per heavy atom. The van der Waals surface area contributed by atoms with E-state index < -0.39 is 17.0 Å². The zero-order valence-electron chi connectivity index (χ0n) is 11.3. The van der Waals surface area contributed by atoms with Gasteiger partial charge in [0, 0.05) is 0 Å². The Kier molecular flexibility index (Phi) is 3.34. The standard InChI is InChI=1S/C17H13F2NO/c18-14-5-6-15(19)13(7-14)9-17(10-20)8-12-3-1-2-4-16(12)21-11-17/h1-7H,8-9,11H2. The highest BCUT2D eigenvalue weighted by Crippen LogP contribution is 2.37. The van der Waals surface area contributed by atoms with Crippen LogP contribution in [0.2, 0.25) is 0 Å². The van der Waals surface area contributed by atoms with Gasteiger partial charge in [0.2, 0.25) is 0 Å². The van der Waals surface area contributed by atoms with Gasteiger partial charge in [0.1, 0.15) is 24.0 Å². The molecule has 0 radical (unpaired) electrons. The van der Waals surface area contributed by atoms with Crippen molar-refractivity contribution in [1.29, 1.82) is 5.26 Å². The molecule has 0 aromatic heterocycles. The first-order valence-corrected chi connectivity index (χ1v) is 6.68. The molecule has 21 heavy (non-hydrogen) atoms. The number of ether oxygens (including phenoxy) is 1. The molecule has 1 aliphatic heterocycles. The van der Waals surface area contributed by atoms with Gasteiger partial charge in [0.15, 0.2) is 0 Å². The fourth-order valence-electron chi connectivity index (χ4n) is 2.69. The van der Waals surface area contributed by atoms with Gasteiger partial charge in [-0.1, -0.05) is 18.2 Å². The minimum Gasteiger partial charge on any atom is -0.492 e. The van der Waals surface area contributed by atoms with Crippen LogP contribution in [0.25, 0.3) is 0 Å². The largest absolute Gasteiger partial charge is 0.492 e. The van der Waals surface area contributed by atoms with E-state index in [2.05, 4.69) is 6.07 Å². The number of nitrogens with zero attached hydrogens (tertiary/aromatic N) is 1. The summed E-state index contributed by atoms with van der Waals surface area (Å²) in [6.07, 6.45) is 0.594. The highest BCUT2D eigenvalue weighted by atomic mass is 19.1. The Balaban J connectivity index is 1.93. The molecule has 2 aromatic carbocycles. The Morgan fingerprint density at radius 2 is 2.00 bits per heavy atom. The van der Waals surface area contributed by atoms with E-state index in [4.69, 9.17) is 4.74 Å². The molecule has 0 N–H and O–H groups in total. The summed E-state index contributed by atoms with van der Waals surface area (Å²) in [5.41, 5.74) is 0.254. The Labute approximate surface area is 121 Å². The van der Waals surface area contributed by atoms with Crippen molar-refractivity contribution in [2.75, 3.05) is 6.61 Å². The molecule has 0 saturated heterocycles. The first kappa shape index (κ1) is 13.6. The second kappa shape index (κ2) is 5.17. The molecule has 0 bridgehead atoms. The molecule has 0 amide bonds. The third kappa shape index (κ3) is 2.59. The van der Waals surface area contributed by atoms with Gasteiger partial charge >= 0.3 is 0 Å². The van der Waals surface area contributed by atoms with Crippen molar-refractivity contribution in [3.63, 3.8) is 0 Å². The summed E-state index contributed by atoms with van der Waals surface area (Å²) in [6, 6.07) is 13.0. The third-order valence-electron chi connectivity index (χ3n) is 3.78. The van der Waals surface area contributed by atoms with E-state index in [-0.39, 0.29) is 18.6 Å². The third-order valence-corrected chi connectivity index (χ3v) is 3.78. The van der Waals surface area contributed by atoms with Gasteiger partial charge in [-0.25, -0.2) is 8.78 Å². The Bertz CT molecular complexity index is 723. The highest BCUT2D eigenvalue weighted by Gasteiger charge is 2.37. The SMILES string of the molecule is N#CC1(Cc2cc(F)ccc2F)COc2ccccc2C1. The number of para-hydroxylation sites is 1. The molecule has 0 aliphatic carbocycles. The van der Waals surface area contributed by atoms with E-state index in [1.807, 2.05) is 24.3 Å². The second-order valence-corrected chi connectivity index (χ2v) is 5.38. The van der Waals surface area contributed by atoms with Crippen LogP contribution in [-0.4, -0.2) is 6.61 Å². The average Bonchev–Trinajstić information content (AvgIpc) is 2.51.